The number of rotatable bonds is 4. The highest BCUT2D eigenvalue weighted by Crippen LogP contribution is 2.26. The van der Waals surface area contributed by atoms with Gasteiger partial charge in [-0.3, -0.25) is 10.1 Å². The zero-order chi connectivity index (χ0) is 16.5. The van der Waals surface area contributed by atoms with Crippen LogP contribution in [0.5, 0.6) is 0 Å². The first-order chi connectivity index (χ1) is 11.7. The minimum atomic E-state index is -0.0922. The second kappa shape index (κ2) is 6.39. The lowest BCUT2D eigenvalue weighted by atomic mass is 10.2. The number of nitrogens with zero attached hydrogens (tertiary/aromatic N) is 2. The van der Waals surface area contributed by atoms with E-state index in [0.717, 1.165) is 16.1 Å². The molecular weight excluding hydrogens is 344 g/mol. The van der Waals surface area contributed by atoms with Crippen molar-refractivity contribution >= 4 is 28.8 Å². The van der Waals surface area contributed by atoms with Crippen LogP contribution >= 0.6 is 22.9 Å². The van der Waals surface area contributed by atoms with Gasteiger partial charge in [0.15, 0.2) is 0 Å². The fraction of sp³-hybridized carbons (Fsp3) is 0.176. The summed E-state index contributed by atoms with van der Waals surface area (Å²) in [7, 11) is 0. The average Bonchev–Trinajstić information content (AvgIpc) is 3.24. The summed E-state index contributed by atoms with van der Waals surface area (Å²) in [4.78, 5) is 13.2. The van der Waals surface area contributed by atoms with E-state index in [4.69, 9.17) is 11.6 Å². The third-order valence-electron chi connectivity index (χ3n) is 3.92. The number of carbonyl (C=O) groups excluding carboxylic acids is 1. The Bertz CT molecular complexity index is 875. The van der Waals surface area contributed by atoms with Crippen LogP contribution in [0, 0.1) is 0 Å². The maximum atomic E-state index is 12.1. The highest BCUT2D eigenvalue weighted by molar-refractivity contribution is 7.13. The van der Waals surface area contributed by atoms with Crippen LogP contribution in [0.2, 0.25) is 5.02 Å². The molecule has 1 amide bonds. The van der Waals surface area contributed by atoms with Gasteiger partial charge in [0.2, 0.25) is 0 Å². The highest BCUT2D eigenvalue weighted by atomic mass is 35.5. The molecule has 0 aliphatic carbocycles. The SMILES string of the molecule is O=C1NCC(NCc2cccc(Cl)c2)n2nc(-c3cccs3)cc21. The van der Waals surface area contributed by atoms with Gasteiger partial charge in [-0.25, -0.2) is 4.68 Å². The number of halogens is 1. The zero-order valence-electron chi connectivity index (χ0n) is 12.7. The van der Waals surface area contributed by atoms with Crippen LogP contribution in [0.25, 0.3) is 10.6 Å². The smallest absolute Gasteiger partial charge is 0.269 e. The van der Waals surface area contributed by atoms with Crippen LogP contribution < -0.4 is 10.6 Å². The lowest BCUT2D eigenvalue weighted by Gasteiger charge is -2.25. The van der Waals surface area contributed by atoms with Crippen molar-refractivity contribution in [3.8, 4) is 10.6 Å². The van der Waals surface area contributed by atoms with Crippen molar-refractivity contribution in [3.05, 3.63) is 64.1 Å². The number of nitrogens with one attached hydrogen (secondary N) is 2. The summed E-state index contributed by atoms with van der Waals surface area (Å²) >= 11 is 7.64. The molecule has 2 aromatic heterocycles. The van der Waals surface area contributed by atoms with Crippen LogP contribution in [0.4, 0.5) is 0 Å². The Kier molecular flexibility index (Phi) is 4.10. The van der Waals surface area contributed by atoms with Crippen molar-refractivity contribution in [2.45, 2.75) is 12.7 Å². The molecule has 122 valence electrons. The van der Waals surface area contributed by atoms with Crippen molar-refractivity contribution in [2.24, 2.45) is 0 Å². The van der Waals surface area contributed by atoms with E-state index < -0.39 is 0 Å². The minimum absolute atomic E-state index is 0.0916. The van der Waals surface area contributed by atoms with E-state index in [1.165, 1.54) is 0 Å². The molecule has 0 fully saturated rings. The van der Waals surface area contributed by atoms with Crippen LogP contribution in [-0.2, 0) is 6.54 Å². The summed E-state index contributed by atoms with van der Waals surface area (Å²) in [5, 5.41) is 13.7. The summed E-state index contributed by atoms with van der Waals surface area (Å²) in [6.45, 7) is 1.15. The van der Waals surface area contributed by atoms with Crippen molar-refractivity contribution in [2.75, 3.05) is 6.54 Å². The van der Waals surface area contributed by atoms with Gasteiger partial charge in [-0.2, -0.15) is 5.10 Å². The molecule has 0 radical (unpaired) electrons. The molecular formula is C17H15ClN4OS. The van der Waals surface area contributed by atoms with Crippen LogP contribution in [0.1, 0.15) is 22.2 Å². The second-order valence-electron chi connectivity index (χ2n) is 5.57. The molecule has 1 atom stereocenters. The van der Waals surface area contributed by atoms with Gasteiger partial charge in [0, 0.05) is 11.6 Å². The number of carbonyl (C=O) groups is 1. The molecule has 0 bridgehead atoms. The third-order valence-corrected chi connectivity index (χ3v) is 5.05. The minimum Gasteiger partial charge on any atom is -0.347 e. The number of fused-ring (bicyclic) bond motifs is 1. The van der Waals surface area contributed by atoms with Gasteiger partial charge in [-0.1, -0.05) is 29.8 Å². The Hall–Kier alpha value is -2.15. The molecule has 7 heteroatoms. The van der Waals surface area contributed by atoms with Gasteiger partial charge in [-0.05, 0) is 35.2 Å². The number of benzene rings is 1. The Morgan fingerprint density at radius 3 is 3.04 bits per heavy atom. The molecule has 1 aliphatic rings. The topological polar surface area (TPSA) is 59.0 Å². The van der Waals surface area contributed by atoms with E-state index in [9.17, 15) is 4.79 Å². The summed E-state index contributed by atoms with van der Waals surface area (Å²) in [6.07, 6.45) is -0.0922. The lowest BCUT2D eigenvalue weighted by molar-refractivity contribution is 0.0900. The second-order valence-corrected chi connectivity index (χ2v) is 6.96. The maximum Gasteiger partial charge on any atom is 0.269 e. The van der Waals surface area contributed by atoms with Gasteiger partial charge in [-0.15, -0.1) is 11.3 Å². The molecule has 0 saturated carbocycles. The quantitative estimate of drug-likeness (QED) is 0.752. The molecule has 4 rings (SSSR count). The van der Waals surface area contributed by atoms with Crippen molar-refractivity contribution in [1.29, 1.82) is 0 Å². The normalized spacial score (nSPS) is 16.7. The molecule has 3 aromatic rings. The van der Waals surface area contributed by atoms with E-state index in [1.807, 2.05) is 47.8 Å². The van der Waals surface area contributed by atoms with Gasteiger partial charge >= 0.3 is 0 Å². The summed E-state index contributed by atoms with van der Waals surface area (Å²) in [6, 6.07) is 13.5. The van der Waals surface area contributed by atoms with Gasteiger partial charge in [0.1, 0.15) is 17.6 Å². The Morgan fingerprint density at radius 2 is 2.25 bits per heavy atom. The van der Waals surface area contributed by atoms with E-state index in [-0.39, 0.29) is 12.1 Å². The predicted octanol–water partition coefficient (Wildman–Crippen LogP) is 3.30. The summed E-state index contributed by atoms with van der Waals surface area (Å²) < 4.78 is 1.78. The number of thiophene rings is 1. The lowest BCUT2D eigenvalue weighted by Crippen LogP contribution is -2.45. The van der Waals surface area contributed by atoms with Gasteiger partial charge in [0.05, 0.1) is 11.4 Å². The molecule has 1 aromatic carbocycles. The third kappa shape index (κ3) is 2.96. The molecule has 1 aliphatic heterocycles. The largest absolute Gasteiger partial charge is 0.347 e. The predicted molar refractivity (Wildman–Crippen MR) is 95.2 cm³/mol. The molecule has 0 spiro atoms. The molecule has 0 saturated heterocycles. The van der Waals surface area contributed by atoms with Gasteiger partial charge < -0.3 is 5.32 Å². The Labute approximate surface area is 148 Å². The fourth-order valence-electron chi connectivity index (χ4n) is 2.75. The van der Waals surface area contributed by atoms with Crippen LogP contribution in [0.15, 0.2) is 47.8 Å². The fourth-order valence-corrected chi connectivity index (χ4v) is 3.65. The summed E-state index contributed by atoms with van der Waals surface area (Å²) in [5.41, 5.74) is 2.49. The Morgan fingerprint density at radius 1 is 1.33 bits per heavy atom. The first kappa shape index (κ1) is 15.4. The van der Waals surface area contributed by atoms with E-state index >= 15 is 0 Å². The Balaban J connectivity index is 1.58. The van der Waals surface area contributed by atoms with Crippen molar-refractivity contribution < 1.29 is 4.79 Å². The van der Waals surface area contributed by atoms with Crippen molar-refractivity contribution in [1.82, 2.24) is 20.4 Å². The highest BCUT2D eigenvalue weighted by Gasteiger charge is 2.27. The van der Waals surface area contributed by atoms with E-state index in [2.05, 4.69) is 15.7 Å². The average molecular weight is 359 g/mol. The van der Waals surface area contributed by atoms with Gasteiger partial charge in [0.25, 0.3) is 5.91 Å². The molecule has 3 heterocycles. The van der Waals surface area contributed by atoms with Crippen LogP contribution in [0.3, 0.4) is 0 Å². The summed E-state index contributed by atoms with van der Waals surface area (Å²) in [5.74, 6) is -0.0916. The molecule has 24 heavy (non-hydrogen) atoms. The van der Waals surface area contributed by atoms with E-state index in [0.29, 0.717) is 23.8 Å². The molecule has 1 unspecified atom stereocenters. The number of hydrogen-bond acceptors (Lipinski definition) is 4. The first-order valence-electron chi connectivity index (χ1n) is 7.60. The van der Waals surface area contributed by atoms with Crippen LogP contribution in [-0.4, -0.2) is 22.2 Å². The number of hydrogen-bond donors (Lipinski definition) is 2. The number of aromatic nitrogens is 2. The van der Waals surface area contributed by atoms with E-state index in [1.54, 1.807) is 16.0 Å². The molecule has 5 nitrogen and oxygen atoms in total. The van der Waals surface area contributed by atoms with Crippen molar-refractivity contribution in [3.63, 3.8) is 0 Å². The maximum absolute atomic E-state index is 12.1. The number of amides is 1. The first-order valence-corrected chi connectivity index (χ1v) is 8.86. The monoisotopic (exact) mass is 358 g/mol. The molecule has 2 N–H and O–H groups in total. The standard InChI is InChI=1S/C17H15ClN4OS/c18-12-4-1-3-11(7-12)9-19-16-10-20-17(23)14-8-13(21-22(14)16)15-5-2-6-24-15/h1-8,16,19H,9-10H2,(H,20,23). The zero-order valence-corrected chi connectivity index (χ0v) is 14.3.